The Morgan fingerprint density at radius 2 is 1.76 bits per heavy atom. The molecule has 1 heterocycles. The van der Waals surface area contributed by atoms with Crippen LogP contribution in [0.25, 0.3) is 10.9 Å². The van der Waals surface area contributed by atoms with E-state index in [-0.39, 0.29) is 0 Å². The van der Waals surface area contributed by atoms with Crippen molar-refractivity contribution >= 4 is 10.9 Å². The Bertz CT molecular complexity index is 532. The molecule has 17 heavy (non-hydrogen) atoms. The lowest BCUT2D eigenvalue weighted by Crippen LogP contribution is -2.10. The first-order chi connectivity index (χ1) is 8.21. The van der Waals surface area contributed by atoms with Crippen molar-refractivity contribution in [2.24, 2.45) is 5.73 Å². The molecular formula is C13H18N2O2. The minimum Gasteiger partial charge on any atom is -0.493 e. The number of hydrogen-bond donors (Lipinski definition) is 1. The number of ether oxygens (including phenoxy) is 2. The first-order valence-corrected chi connectivity index (χ1v) is 5.63. The fourth-order valence-corrected chi connectivity index (χ4v) is 2.15. The van der Waals surface area contributed by atoms with E-state index >= 15 is 0 Å². The zero-order chi connectivity index (χ0) is 12.4. The Labute approximate surface area is 101 Å². The normalized spacial score (nSPS) is 10.8. The van der Waals surface area contributed by atoms with E-state index in [1.165, 1.54) is 5.69 Å². The number of benzene rings is 1. The SMILES string of the molecule is COc1cc2cc(C)n(CCN)c2cc1OC. The highest BCUT2D eigenvalue weighted by Crippen LogP contribution is 2.33. The maximum atomic E-state index is 5.63. The van der Waals surface area contributed by atoms with Gasteiger partial charge in [-0.3, -0.25) is 0 Å². The molecule has 2 rings (SSSR count). The number of aryl methyl sites for hydroxylation is 1. The molecule has 2 aromatic rings. The van der Waals surface area contributed by atoms with E-state index in [4.69, 9.17) is 15.2 Å². The van der Waals surface area contributed by atoms with Crippen molar-refractivity contribution < 1.29 is 9.47 Å². The fraction of sp³-hybridized carbons (Fsp3) is 0.385. The summed E-state index contributed by atoms with van der Waals surface area (Å²) in [5, 5.41) is 1.15. The van der Waals surface area contributed by atoms with E-state index < -0.39 is 0 Å². The van der Waals surface area contributed by atoms with E-state index in [1.54, 1.807) is 14.2 Å². The average Bonchev–Trinajstić information content (AvgIpc) is 2.64. The molecule has 0 radical (unpaired) electrons. The number of rotatable bonds is 4. The van der Waals surface area contributed by atoms with Gasteiger partial charge < -0.3 is 19.8 Å². The summed E-state index contributed by atoms with van der Waals surface area (Å²) >= 11 is 0. The number of methoxy groups -OCH3 is 2. The van der Waals surface area contributed by atoms with E-state index in [1.807, 2.05) is 12.1 Å². The van der Waals surface area contributed by atoms with Crippen molar-refractivity contribution in [1.82, 2.24) is 4.57 Å². The van der Waals surface area contributed by atoms with Gasteiger partial charge in [0.05, 0.1) is 19.7 Å². The number of nitrogens with two attached hydrogens (primary N) is 1. The van der Waals surface area contributed by atoms with Gasteiger partial charge in [-0.1, -0.05) is 0 Å². The Balaban J connectivity index is 2.65. The van der Waals surface area contributed by atoms with E-state index in [0.29, 0.717) is 6.54 Å². The van der Waals surface area contributed by atoms with Gasteiger partial charge in [0.2, 0.25) is 0 Å². The zero-order valence-corrected chi connectivity index (χ0v) is 10.5. The quantitative estimate of drug-likeness (QED) is 0.879. The minimum atomic E-state index is 0.624. The summed E-state index contributed by atoms with van der Waals surface area (Å²) in [6.07, 6.45) is 0. The molecule has 4 heteroatoms. The lowest BCUT2D eigenvalue weighted by atomic mass is 10.2. The first-order valence-electron chi connectivity index (χ1n) is 5.63. The third-order valence-corrected chi connectivity index (χ3v) is 2.97. The molecule has 0 aliphatic heterocycles. The Morgan fingerprint density at radius 3 is 2.35 bits per heavy atom. The van der Waals surface area contributed by atoms with E-state index in [9.17, 15) is 0 Å². The summed E-state index contributed by atoms with van der Waals surface area (Å²) in [4.78, 5) is 0. The summed E-state index contributed by atoms with van der Waals surface area (Å²) in [5.41, 5.74) is 7.95. The summed E-state index contributed by atoms with van der Waals surface area (Å²) in [6.45, 7) is 3.51. The van der Waals surface area contributed by atoms with Crippen molar-refractivity contribution in [2.75, 3.05) is 20.8 Å². The molecule has 1 aromatic heterocycles. The molecule has 0 aliphatic rings. The fourth-order valence-electron chi connectivity index (χ4n) is 2.15. The Kier molecular flexibility index (Phi) is 3.24. The molecular weight excluding hydrogens is 216 g/mol. The Morgan fingerprint density at radius 1 is 1.12 bits per heavy atom. The lowest BCUT2D eigenvalue weighted by Gasteiger charge is -2.10. The molecule has 0 atom stereocenters. The van der Waals surface area contributed by atoms with Crippen molar-refractivity contribution in [3.63, 3.8) is 0 Å². The smallest absolute Gasteiger partial charge is 0.162 e. The van der Waals surface area contributed by atoms with Crippen LogP contribution in [0.2, 0.25) is 0 Å². The van der Waals surface area contributed by atoms with Gasteiger partial charge in [-0.25, -0.2) is 0 Å². The molecule has 0 aliphatic carbocycles. The second-order valence-corrected chi connectivity index (χ2v) is 3.99. The lowest BCUT2D eigenvalue weighted by molar-refractivity contribution is 0.355. The van der Waals surface area contributed by atoms with Crippen LogP contribution in [0.5, 0.6) is 11.5 Å². The average molecular weight is 234 g/mol. The van der Waals surface area contributed by atoms with E-state index in [0.717, 1.165) is 28.9 Å². The monoisotopic (exact) mass is 234 g/mol. The van der Waals surface area contributed by atoms with Crippen molar-refractivity contribution in [3.05, 3.63) is 23.9 Å². The second kappa shape index (κ2) is 4.67. The number of fused-ring (bicyclic) bond motifs is 1. The molecule has 0 saturated heterocycles. The third kappa shape index (κ3) is 1.96. The number of nitrogens with zero attached hydrogens (tertiary/aromatic N) is 1. The van der Waals surface area contributed by atoms with Crippen LogP contribution in [-0.4, -0.2) is 25.3 Å². The van der Waals surface area contributed by atoms with Gasteiger partial charge in [0.1, 0.15) is 0 Å². The highest BCUT2D eigenvalue weighted by Gasteiger charge is 2.10. The van der Waals surface area contributed by atoms with Gasteiger partial charge in [0.25, 0.3) is 0 Å². The van der Waals surface area contributed by atoms with Crippen molar-refractivity contribution in [2.45, 2.75) is 13.5 Å². The van der Waals surface area contributed by atoms with Gasteiger partial charge in [0.15, 0.2) is 11.5 Å². The molecule has 0 amide bonds. The molecule has 4 nitrogen and oxygen atoms in total. The predicted octanol–water partition coefficient (Wildman–Crippen LogP) is 1.93. The maximum absolute atomic E-state index is 5.63. The molecule has 0 bridgehead atoms. The molecule has 0 spiro atoms. The molecule has 0 unspecified atom stereocenters. The topological polar surface area (TPSA) is 49.4 Å². The highest BCUT2D eigenvalue weighted by molar-refractivity contribution is 5.85. The van der Waals surface area contributed by atoms with Crippen molar-refractivity contribution in [1.29, 1.82) is 0 Å². The van der Waals surface area contributed by atoms with Crippen LogP contribution < -0.4 is 15.2 Å². The van der Waals surface area contributed by atoms with Gasteiger partial charge >= 0.3 is 0 Å². The van der Waals surface area contributed by atoms with Gasteiger partial charge in [0, 0.05) is 30.2 Å². The van der Waals surface area contributed by atoms with E-state index in [2.05, 4.69) is 17.6 Å². The molecule has 0 fully saturated rings. The highest BCUT2D eigenvalue weighted by atomic mass is 16.5. The van der Waals surface area contributed by atoms with Crippen LogP contribution in [0.1, 0.15) is 5.69 Å². The number of hydrogen-bond acceptors (Lipinski definition) is 3. The van der Waals surface area contributed by atoms with Crippen molar-refractivity contribution in [3.8, 4) is 11.5 Å². The third-order valence-electron chi connectivity index (χ3n) is 2.97. The molecule has 92 valence electrons. The summed E-state index contributed by atoms with van der Waals surface area (Å²) in [6, 6.07) is 6.12. The number of aromatic nitrogens is 1. The largest absolute Gasteiger partial charge is 0.493 e. The van der Waals surface area contributed by atoms with Crippen LogP contribution in [-0.2, 0) is 6.54 Å². The standard InChI is InChI=1S/C13H18N2O2/c1-9-6-10-7-12(16-2)13(17-3)8-11(10)15(9)5-4-14/h6-8H,4-5,14H2,1-3H3. The van der Waals surface area contributed by atoms with Crippen LogP contribution in [0.3, 0.4) is 0 Å². The molecule has 0 saturated carbocycles. The molecule has 1 aromatic carbocycles. The predicted molar refractivity (Wildman–Crippen MR) is 68.8 cm³/mol. The summed E-state index contributed by atoms with van der Waals surface area (Å²) in [7, 11) is 3.29. The Hall–Kier alpha value is -1.68. The van der Waals surface area contributed by atoms with Gasteiger partial charge in [-0.15, -0.1) is 0 Å². The molecule has 2 N–H and O–H groups in total. The first kappa shape index (κ1) is 11.8. The van der Waals surface area contributed by atoms with Crippen LogP contribution in [0.15, 0.2) is 18.2 Å². The summed E-state index contributed by atoms with van der Waals surface area (Å²) < 4.78 is 12.8. The van der Waals surface area contributed by atoms with Gasteiger partial charge in [-0.2, -0.15) is 0 Å². The van der Waals surface area contributed by atoms with Crippen LogP contribution >= 0.6 is 0 Å². The minimum absolute atomic E-state index is 0.624. The zero-order valence-electron chi connectivity index (χ0n) is 10.5. The maximum Gasteiger partial charge on any atom is 0.162 e. The summed E-state index contributed by atoms with van der Waals surface area (Å²) in [5.74, 6) is 1.50. The van der Waals surface area contributed by atoms with Gasteiger partial charge in [-0.05, 0) is 19.1 Å². The van der Waals surface area contributed by atoms with Crippen LogP contribution in [0, 0.1) is 6.92 Å². The van der Waals surface area contributed by atoms with Crippen LogP contribution in [0.4, 0.5) is 0 Å². The second-order valence-electron chi connectivity index (χ2n) is 3.99.